The van der Waals surface area contributed by atoms with Gasteiger partial charge in [0.2, 0.25) is 10.0 Å². The highest BCUT2D eigenvalue weighted by Crippen LogP contribution is 2.05. The highest BCUT2D eigenvalue weighted by molar-refractivity contribution is 7.88. The molecular formula is C10H19N3O6S. The van der Waals surface area contributed by atoms with Gasteiger partial charge in [-0.1, -0.05) is 0 Å². The highest BCUT2D eigenvalue weighted by atomic mass is 32.2. The van der Waals surface area contributed by atoms with E-state index in [1.807, 2.05) is 0 Å². The second kappa shape index (κ2) is 7.41. The van der Waals surface area contributed by atoms with E-state index in [2.05, 4.69) is 5.32 Å². The van der Waals surface area contributed by atoms with Crippen LogP contribution in [-0.4, -0.2) is 86.9 Å². The van der Waals surface area contributed by atoms with Crippen molar-refractivity contribution in [1.82, 2.24) is 14.5 Å². The van der Waals surface area contributed by atoms with Crippen LogP contribution in [0.15, 0.2) is 0 Å². The molecule has 1 fully saturated rings. The largest absolute Gasteiger partial charge is 0.480 e. The van der Waals surface area contributed by atoms with Gasteiger partial charge in [-0.25, -0.2) is 18.0 Å². The molecular weight excluding hydrogens is 290 g/mol. The first-order valence-corrected chi connectivity index (χ1v) is 7.93. The fraction of sp³-hybridized carbons (Fsp3) is 0.800. The van der Waals surface area contributed by atoms with Crippen LogP contribution in [0.4, 0.5) is 4.79 Å². The standard InChI is InChI=1S/C10H19N3O6S/c1-20(17,18)13-5-3-12(4-6-13)10(16)11-2-7-19-8-9(14)15/h2-8H2,1H3,(H,11,16)(H,14,15). The third-order valence-corrected chi connectivity index (χ3v) is 4.05. The minimum atomic E-state index is -3.21. The van der Waals surface area contributed by atoms with Gasteiger partial charge in [-0.2, -0.15) is 4.31 Å². The Labute approximate surface area is 117 Å². The van der Waals surface area contributed by atoms with Gasteiger partial charge >= 0.3 is 12.0 Å². The quantitative estimate of drug-likeness (QED) is 0.569. The molecule has 0 aromatic carbocycles. The Morgan fingerprint density at radius 3 is 2.35 bits per heavy atom. The molecule has 0 spiro atoms. The molecule has 1 heterocycles. The smallest absolute Gasteiger partial charge is 0.329 e. The SMILES string of the molecule is CS(=O)(=O)N1CCN(C(=O)NCCOCC(=O)O)CC1. The first-order chi connectivity index (χ1) is 9.30. The van der Waals surface area contributed by atoms with E-state index < -0.39 is 22.6 Å². The maximum absolute atomic E-state index is 11.7. The number of carbonyl (C=O) groups is 2. The van der Waals surface area contributed by atoms with Crippen LogP contribution in [0.2, 0.25) is 0 Å². The van der Waals surface area contributed by atoms with E-state index >= 15 is 0 Å². The lowest BCUT2D eigenvalue weighted by Crippen LogP contribution is -2.53. The molecule has 0 atom stereocenters. The van der Waals surface area contributed by atoms with Gasteiger partial charge in [-0.05, 0) is 0 Å². The van der Waals surface area contributed by atoms with Crippen LogP contribution in [0.5, 0.6) is 0 Å². The number of hydrogen-bond acceptors (Lipinski definition) is 5. The maximum atomic E-state index is 11.7. The number of carboxylic acids is 1. The molecule has 20 heavy (non-hydrogen) atoms. The number of urea groups is 1. The second-order valence-electron chi connectivity index (χ2n) is 4.33. The van der Waals surface area contributed by atoms with Crippen LogP contribution >= 0.6 is 0 Å². The molecule has 2 N–H and O–H groups in total. The Kier molecular flexibility index (Phi) is 6.17. The molecule has 0 unspecified atom stereocenters. The third kappa shape index (κ3) is 5.72. The Hall–Kier alpha value is -1.39. The molecule has 0 bridgehead atoms. The molecule has 0 radical (unpaired) electrons. The summed E-state index contributed by atoms with van der Waals surface area (Å²) in [5, 5.41) is 10.9. The van der Waals surface area contributed by atoms with Gasteiger partial charge in [-0.3, -0.25) is 0 Å². The molecule has 1 aliphatic rings. The van der Waals surface area contributed by atoms with Gasteiger partial charge in [0.05, 0.1) is 12.9 Å². The monoisotopic (exact) mass is 309 g/mol. The fourth-order valence-corrected chi connectivity index (χ4v) is 2.55. The molecule has 2 amide bonds. The van der Waals surface area contributed by atoms with Crippen molar-refractivity contribution in [2.75, 3.05) is 52.2 Å². The van der Waals surface area contributed by atoms with Crippen LogP contribution < -0.4 is 5.32 Å². The van der Waals surface area contributed by atoms with Gasteiger partial charge in [0, 0.05) is 32.7 Å². The summed E-state index contributed by atoms with van der Waals surface area (Å²) in [4.78, 5) is 23.4. The van der Waals surface area contributed by atoms with E-state index in [0.29, 0.717) is 13.1 Å². The van der Waals surface area contributed by atoms with Crippen molar-refractivity contribution >= 4 is 22.0 Å². The Morgan fingerprint density at radius 1 is 1.25 bits per heavy atom. The van der Waals surface area contributed by atoms with E-state index in [-0.39, 0.29) is 32.3 Å². The lowest BCUT2D eigenvalue weighted by molar-refractivity contribution is -0.142. The molecule has 1 rings (SSSR count). The van der Waals surface area contributed by atoms with E-state index in [1.165, 1.54) is 9.21 Å². The number of carboxylic acid groups (broad SMARTS) is 1. The van der Waals surface area contributed by atoms with Gasteiger partial charge in [-0.15, -0.1) is 0 Å². The highest BCUT2D eigenvalue weighted by Gasteiger charge is 2.25. The number of sulfonamides is 1. The zero-order chi connectivity index (χ0) is 15.2. The lowest BCUT2D eigenvalue weighted by Gasteiger charge is -2.33. The average Bonchev–Trinajstić information content (AvgIpc) is 2.37. The number of hydrogen-bond donors (Lipinski definition) is 2. The number of aliphatic carboxylic acids is 1. The second-order valence-corrected chi connectivity index (χ2v) is 6.31. The molecule has 9 nitrogen and oxygen atoms in total. The number of carbonyl (C=O) groups excluding carboxylic acids is 1. The summed E-state index contributed by atoms with van der Waals surface area (Å²) in [7, 11) is -3.21. The molecule has 10 heteroatoms. The number of amides is 2. The Bertz CT molecular complexity index is 444. The van der Waals surface area contributed by atoms with Gasteiger partial charge in [0.1, 0.15) is 6.61 Å². The molecule has 0 aliphatic carbocycles. The van der Waals surface area contributed by atoms with Crippen molar-refractivity contribution in [3.63, 3.8) is 0 Å². The van der Waals surface area contributed by atoms with Crippen molar-refractivity contribution in [2.45, 2.75) is 0 Å². The van der Waals surface area contributed by atoms with Gasteiger partial charge < -0.3 is 20.1 Å². The zero-order valence-corrected chi connectivity index (χ0v) is 12.1. The van der Waals surface area contributed by atoms with Gasteiger partial charge in [0.15, 0.2) is 0 Å². The predicted octanol–water partition coefficient (Wildman–Crippen LogP) is -1.63. The first kappa shape index (κ1) is 16.7. The van der Waals surface area contributed by atoms with Crippen molar-refractivity contribution in [2.24, 2.45) is 0 Å². The van der Waals surface area contributed by atoms with Crippen LogP contribution in [0, 0.1) is 0 Å². The summed E-state index contributed by atoms with van der Waals surface area (Å²) in [6.45, 7) is 1.13. The molecule has 0 aromatic heterocycles. The molecule has 0 saturated carbocycles. The van der Waals surface area contributed by atoms with Crippen LogP contribution in [0.25, 0.3) is 0 Å². The van der Waals surface area contributed by atoms with E-state index in [0.717, 1.165) is 6.26 Å². The summed E-state index contributed by atoms with van der Waals surface area (Å²) in [5.74, 6) is -1.06. The summed E-state index contributed by atoms with van der Waals surface area (Å²) in [6, 6.07) is -0.308. The third-order valence-electron chi connectivity index (χ3n) is 2.74. The first-order valence-electron chi connectivity index (χ1n) is 6.08. The number of nitrogens with zero attached hydrogens (tertiary/aromatic N) is 2. The summed E-state index contributed by atoms with van der Waals surface area (Å²) in [6.07, 6.45) is 1.14. The molecule has 0 aromatic rings. The zero-order valence-electron chi connectivity index (χ0n) is 11.2. The predicted molar refractivity (Wildman–Crippen MR) is 69.8 cm³/mol. The summed E-state index contributed by atoms with van der Waals surface area (Å²) in [5.41, 5.74) is 0. The summed E-state index contributed by atoms with van der Waals surface area (Å²) >= 11 is 0. The van der Waals surface area contributed by atoms with Gasteiger partial charge in [0.25, 0.3) is 0 Å². The summed E-state index contributed by atoms with van der Waals surface area (Å²) < 4.78 is 28.7. The van der Waals surface area contributed by atoms with E-state index in [9.17, 15) is 18.0 Å². The lowest BCUT2D eigenvalue weighted by atomic mass is 10.4. The molecule has 1 aliphatic heterocycles. The maximum Gasteiger partial charge on any atom is 0.329 e. The Morgan fingerprint density at radius 2 is 1.85 bits per heavy atom. The van der Waals surface area contributed by atoms with Crippen LogP contribution in [-0.2, 0) is 19.6 Å². The van der Waals surface area contributed by atoms with Crippen LogP contribution in [0.3, 0.4) is 0 Å². The topological polar surface area (TPSA) is 116 Å². The number of ether oxygens (including phenoxy) is 1. The number of nitrogens with one attached hydrogen (secondary N) is 1. The number of rotatable bonds is 6. The van der Waals surface area contributed by atoms with Crippen molar-refractivity contribution in [1.29, 1.82) is 0 Å². The van der Waals surface area contributed by atoms with E-state index in [1.54, 1.807) is 0 Å². The Balaban J connectivity index is 2.21. The van der Waals surface area contributed by atoms with Crippen LogP contribution in [0.1, 0.15) is 0 Å². The van der Waals surface area contributed by atoms with Crippen molar-refractivity contribution < 1.29 is 27.9 Å². The number of piperazine rings is 1. The fourth-order valence-electron chi connectivity index (χ4n) is 1.72. The molecule has 116 valence electrons. The molecule has 1 saturated heterocycles. The minimum Gasteiger partial charge on any atom is -0.480 e. The van der Waals surface area contributed by atoms with E-state index in [4.69, 9.17) is 9.84 Å². The average molecular weight is 309 g/mol. The van der Waals surface area contributed by atoms with Crippen molar-refractivity contribution in [3.05, 3.63) is 0 Å². The normalized spacial score (nSPS) is 16.9. The minimum absolute atomic E-state index is 0.112. The van der Waals surface area contributed by atoms with Crippen molar-refractivity contribution in [3.8, 4) is 0 Å².